The molecule has 5 heteroatoms. The Morgan fingerprint density at radius 2 is 2.06 bits per heavy atom. The Morgan fingerprint density at radius 3 is 2.59 bits per heavy atom. The van der Waals surface area contributed by atoms with Crippen molar-refractivity contribution in [2.45, 2.75) is 23.1 Å². The van der Waals surface area contributed by atoms with Crippen LogP contribution in [0.15, 0.2) is 38.9 Å². The maximum Gasteiger partial charge on any atom is 0.221 e. The molecule has 0 unspecified atom stereocenters. The van der Waals surface area contributed by atoms with Crippen LogP contribution in [0, 0.1) is 6.92 Å². The van der Waals surface area contributed by atoms with E-state index < -0.39 is 0 Å². The molecule has 0 saturated carbocycles. The van der Waals surface area contributed by atoms with Gasteiger partial charge in [0, 0.05) is 28.6 Å². The van der Waals surface area contributed by atoms with Gasteiger partial charge in [0.05, 0.1) is 0 Å². The first-order valence-corrected chi connectivity index (χ1v) is 6.81. The number of aryl methyl sites for hydroxylation is 1. The van der Waals surface area contributed by atoms with Gasteiger partial charge in [-0.3, -0.25) is 4.79 Å². The summed E-state index contributed by atoms with van der Waals surface area (Å²) in [4.78, 5) is 16.4. The van der Waals surface area contributed by atoms with Crippen molar-refractivity contribution in [3.63, 3.8) is 0 Å². The molecule has 17 heavy (non-hydrogen) atoms. The summed E-state index contributed by atoms with van der Waals surface area (Å²) in [6, 6.07) is 7.74. The number of aromatic nitrogens is 1. The topological polar surface area (TPSA) is 42.0 Å². The second-order valence-electron chi connectivity index (χ2n) is 3.56. The summed E-state index contributed by atoms with van der Waals surface area (Å²) < 4.78 is 1.04. The number of nitrogens with zero attached hydrogens (tertiary/aromatic N) is 1. The van der Waals surface area contributed by atoms with Crippen LogP contribution in [0.4, 0.5) is 5.69 Å². The summed E-state index contributed by atoms with van der Waals surface area (Å²) in [6.45, 7) is 3.49. The fraction of sp³-hybridized carbons (Fsp3) is 0.167. The number of carbonyl (C=O) groups excluding carboxylic acids is 1. The number of hydrogen-bond donors (Lipinski definition) is 1. The molecule has 1 aromatic heterocycles. The number of thiazole rings is 1. The van der Waals surface area contributed by atoms with Gasteiger partial charge < -0.3 is 5.32 Å². The summed E-state index contributed by atoms with van der Waals surface area (Å²) in [6.07, 6.45) is 0. The van der Waals surface area contributed by atoms with Crippen molar-refractivity contribution in [3.05, 3.63) is 35.3 Å². The zero-order valence-electron chi connectivity index (χ0n) is 9.56. The molecule has 3 nitrogen and oxygen atoms in total. The van der Waals surface area contributed by atoms with Crippen LogP contribution in [0.5, 0.6) is 0 Å². The molecule has 1 aromatic carbocycles. The van der Waals surface area contributed by atoms with Crippen LogP contribution in [0.2, 0.25) is 0 Å². The zero-order chi connectivity index (χ0) is 12.3. The van der Waals surface area contributed by atoms with Crippen molar-refractivity contribution in [3.8, 4) is 0 Å². The minimum atomic E-state index is -0.0547. The van der Waals surface area contributed by atoms with Gasteiger partial charge in [-0.25, -0.2) is 4.98 Å². The van der Waals surface area contributed by atoms with Gasteiger partial charge >= 0.3 is 0 Å². The summed E-state index contributed by atoms with van der Waals surface area (Å²) in [5.41, 5.74) is 1.87. The molecule has 1 amide bonds. The molecule has 0 aliphatic carbocycles. The molecule has 0 atom stereocenters. The van der Waals surface area contributed by atoms with Gasteiger partial charge in [-0.2, -0.15) is 0 Å². The van der Waals surface area contributed by atoms with E-state index in [2.05, 4.69) is 10.3 Å². The van der Waals surface area contributed by atoms with E-state index in [0.29, 0.717) is 0 Å². The van der Waals surface area contributed by atoms with Crippen molar-refractivity contribution in [2.75, 3.05) is 5.32 Å². The molecular weight excluding hydrogens is 252 g/mol. The van der Waals surface area contributed by atoms with Gasteiger partial charge in [-0.1, -0.05) is 11.8 Å². The van der Waals surface area contributed by atoms with E-state index in [0.717, 1.165) is 20.6 Å². The average Bonchev–Trinajstić information content (AvgIpc) is 2.66. The quantitative estimate of drug-likeness (QED) is 0.921. The predicted octanol–water partition coefficient (Wildman–Crippen LogP) is 3.56. The maximum atomic E-state index is 10.9. The second kappa shape index (κ2) is 5.33. The number of nitrogens with one attached hydrogen (secondary N) is 1. The standard InChI is InChI=1S/C12H12N2OS2/c1-8-7-16-12(13-8)17-11-5-3-10(4-6-11)14-9(2)15/h3-7H,1-2H3,(H,14,15). The number of anilines is 1. The van der Waals surface area contributed by atoms with Gasteiger partial charge in [-0.15, -0.1) is 11.3 Å². The molecule has 1 heterocycles. The van der Waals surface area contributed by atoms with Gasteiger partial charge in [0.25, 0.3) is 0 Å². The number of hydrogen-bond acceptors (Lipinski definition) is 4. The summed E-state index contributed by atoms with van der Waals surface area (Å²) in [5.74, 6) is -0.0547. The van der Waals surface area contributed by atoms with Gasteiger partial charge in [-0.05, 0) is 31.2 Å². The molecule has 0 saturated heterocycles. The van der Waals surface area contributed by atoms with E-state index in [9.17, 15) is 4.79 Å². The minimum Gasteiger partial charge on any atom is -0.326 e. The van der Waals surface area contributed by atoms with Crippen molar-refractivity contribution < 1.29 is 4.79 Å². The monoisotopic (exact) mass is 264 g/mol. The highest BCUT2D eigenvalue weighted by molar-refractivity contribution is 8.01. The molecule has 0 fully saturated rings. The van der Waals surface area contributed by atoms with E-state index in [1.807, 2.05) is 36.6 Å². The van der Waals surface area contributed by atoms with Gasteiger partial charge in [0.15, 0.2) is 4.34 Å². The van der Waals surface area contributed by atoms with E-state index >= 15 is 0 Å². The highest BCUT2D eigenvalue weighted by atomic mass is 32.2. The Bertz CT molecular complexity index is 520. The van der Waals surface area contributed by atoms with E-state index in [-0.39, 0.29) is 5.91 Å². The zero-order valence-corrected chi connectivity index (χ0v) is 11.2. The third kappa shape index (κ3) is 3.57. The fourth-order valence-electron chi connectivity index (χ4n) is 1.29. The van der Waals surface area contributed by atoms with Crippen LogP contribution >= 0.6 is 23.1 Å². The van der Waals surface area contributed by atoms with Crippen molar-refractivity contribution in [2.24, 2.45) is 0 Å². The largest absolute Gasteiger partial charge is 0.326 e. The van der Waals surface area contributed by atoms with Gasteiger partial charge in [0.1, 0.15) is 0 Å². The molecule has 0 spiro atoms. The molecule has 0 bridgehead atoms. The van der Waals surface area contributed by atoms with Crippen LogP contribution < -0.4 is 5.32 Å². The van der Waals surface area contributed by atoms with Crippen molar-refractivity contribution >= 4 is 34.7 Å². The molecule has 2 rings (SSSR count). The Morgan fingerprint density at radius 1 is 1.35 bits per heavy atom. The third-order valence-electron chi connectivity index (χ3n) is 1.98. The summed E-state index contributed by atoms with van der Waals surface area (Å²) >= 11 is 3.27. The number of benzene rings is 1. The Labute approximate surface area is 108 Å². The average molecular weight is 264 g/mol. The van der Waals surface area contributed by atoms with Gasteiger partial charge in [0.2, 0.25) is 5.91 Å². The highest BCUT2D eigenvalue weighted by Crippen LogP contribution is 2.30. The lowest BCUT2D eigenvalue weighted by Gasteiger charge is -2.02. The van der Waals surface area contributed by atoms with Crippen molar-refractivity contribution in [1.29, 1.82) is 0 Å². The molecule has 0 aliphatic heterocycles. The van der Waals surface area contributed by atoms with Crippen LogP contribution in [0.25, 0.3) is 0 Å². The Balaban J connectivity index is 2.05. The number of rotatable bonds is 3. The summed E-state index contributed by atoms with van der Waals surface area (Å²) in [7, 11) is 0. The van der Waals surface area contributed by atoms with E-state index in [1.165, 1.54) is 6.92 Å². The molecule has 2 aromatic rings. The molecule has 0 radical (unpaired) electrons. The highest BCUT2D eigenvalue weighted by Gasteiger charge is 2.02. The van der Waals surface area contributed by atoms with Crippen LogP contribution in [0.1, 0.15) is 12.6 Å². The lowest BCUT2D eigenvalue weighted by molar-refractivity contribution is -0.114. The first-order valence-electron chi connectivity index (χ1n) is 5.11. The Hall–Kier alpha value is -1.33. The Kier molecular flexibility index (Phi) is 3.81. The SMILES string of the molecule is CC(=O)Nc1ccc(Sc2nc(C)cs2)cc1. The van der Waals surface area contributed by atoms with Crippen LogP contribution in [-0.4, -0.2) is 10.9 Å². The maximum absolute atomic E-state index is 10.9. The number of amides is 1. The second-order valence-corrected chi connectivity index (χ2v) is 5.74. The number of carbonyl (C=O) groups is 1. The smallest absolute Gasteiger partial charge is 0.221 e. The van der Waals surface area contributed by atoms with Crippen molar-refractivity contribution in [1.82, 2.24) is 4.98 Å². The predicted molar refractivity (Wildman–Crippen MR) is 71.7 cm³/mol. The first-order chi connectivity index (χ1) is 8.13. The molecule has 1 N–H and O–H groups in total. The third-order valence-corrected chi connectivity index (χ3v) is 4.04. The molecular formula is C12H12N2OS2. The lowest BCUT2D eigenvalue weighted by Crippen LogP contribution is -2.05. The van der Waals surface area contributed by atoms with Crippen LogP contribution in [-0.2, 0) is 4.79 Å². The molecule has 0 aliphatic rings. The van der Waals surface area contributed by atoms with Crippen LogP contribution in [0.3, 0.4) is 0 Å². The first kappa shape index (κ1) is 12.1. The van der Waals surface area contributed by atoms with E-state index in [4.69, 9.17) is 0 Å². The molecule has 88 valence electrons. The van der Waals surface area contributed by atoms with E-state index in [1.54, 1.807) is 23.1 Å². The lowest BCUT2D eigenvalue weighted by atomic mass is 10.3. The fourth-order valence-corrected chi connectivity index (χ4v) is 3.10. The normalized spacial score (nSPS) is 10.2. The minimum absolute atomic E-state index is 0.0547. The summed E-state index contributed by atoms with van der Waals surface area (Å²) in [5, 5.41) is 4.77.